The molecule has 3 heterocycles. The van der Waals surface area contributed by atoms with E-state index in [-0.39, 0.29) is 24.7 Å². The van der Waals surface area contributed by atoms with Crippen molar-refractivity contribution in [3.8, 4) is 6.07 Å². The number of amides is 3. The van der Waals surface area contributed by atoms with Gasteiger partial charge in [-0.25, -0.2) is 8.78 Å². The van der Waals surface area contributed by atoms with Gasteiger partial charge in [0.15, 0.2) is 0 Å². The van der Waals surface area contributed by atoms with Crippen molar-refractivity contribution in [1.29, 1.82) is 5.26 Å². The molecule has 11 heteroatoms. The van der Waals surface area contributed by atoms with Gasteiger partial charge in [0.2, 0.25) is 17.7 Å². The molecule has 1 saturated carbocycles. The van der Waals surface area contributed by atoms with Crippen LogP contribution in [-0.2, 0) is 14.4 Å². The molecule has 6 atom stereocenters. The zero-order chi connectivity index (χ0) is 27.6. The first kappa shape index (κ1) is 28.1. The molecule has 38 heavy (non-hydrogen) atoms. The Kier molecular flexibility index (Phi) is 8.46. The Bertz CT molecular complexity index is 1110. The lowest BCUT2D eigenvalue weighted by molar-refractivity contribution is -0.194. The minimum Gasteiger partial charge on any atom is -0.374 e. The smallest absolute Gasteiger partial charge is 0.255 e. The number of rotatable bonds is 9. The van der Waals surface area contributed by atoms with Crippen LogP contribution in [0.3, 0.4) is 0 Å². The molecule has 4 fully saturated rings. The van der Waals surface area contributed by atoms with Gasteiger partial charge in [-0.2, -0.15) is 5.26 Å². The van der Waals surface area contributed by atoms with E-state index < -0.39 is 60.2 Å². The standard InChI is InChI=1S/C27H34ClF2N5O3/c1-15(2)10-22(33-18-5-3-4-17(28)12-18)26(38)35-20-6-7-21(27(29,30)13-20)23(35)25(37)34-19(14-31)11-16-8-9-32-24(16)36/h3-5,12,15-16,19-23,33H,6-11,13H2,1-2H3,(H,32,36)(H,34,37)/t16-,19+,20+,21+,22+,23+/m0/s1. The van der Waals surface area contributed by atoms with Gasteiger partial charge in [0.05, 0.1) is 12.0 Å². The first-order chi connectivity index (χ1) is 18.0. The second-order valence-corrected chi connectivity index (χ2v) is 11.5. The summed E-state index contributed by atoms with van der Waals surface area (Å²) >= 11 is 6.12. The molecular formula is C27H34ClF2N5O3. The molecule has 1 aromatic rings. The van der Waals surface area contributed by atoms with Crippen molar-refractivity contribution in [2.45, 2.75) is 82.5 Å². The fraction of sp³-hybridized carbons (Fsp3) is 0.630. The van der Waals surface area contributed by atoms with Crippen LogP contribution in [-0.4, -0.2) is 59.3 Å². The SMILES string of the molecule is CC(C)C[C@@H](Nc1cccc(Cl)c1)C(=O)N1[C@@H]2CC[C@H]([C@@H]1C(=O)N[C@@H](C#N)C[C@@H]1CCNC1=O)C(F)(F)C2. The van der Waals surface area contributed by atoms with E-state index in [1.165, 1.54) is 4.90 Å². The molecule has 1 aromatic carbocycles. The third-order valence-corrected chi connectivity index (χ3v) is 8.02. The van der Waals surface area contributed by atoms with Crippen molar-refractivity contribution in [2.24, 2.45) is 17.8 Å². The molecule has 4 aliphatic rings. The van der Waals surface area contributed by atoms with Gasteiger partial charge in [-0.1, -0.05) is 31.5 Å². The molecule has 3 amide bonds. The molecule has 2 bridgehead atoms. The number of alkyl halides is 2. The predicted octanol–water partition coefficient (Wildman–Crippen LogP) is 3.72. The third kappa shape index (κ3) is 6.04. The fourth-order valence-corrected chi connectivity index (χ4v) is 6.22. The number of hydrogen-bond donors (Lipinski definition) is 3. The maximum Gasteiger partial charge on any atom is 0.255 e. The van der Waals surface area contributed by atoms with Crippen LogP contribution in [0.15, 0.2) is 24.3 Å². The number of nitrogens with zero attached hydrogens (tertiary/aromatic N) is 2. The van der Waals surface area contributed by atoms with Crippen molar-refractivity contribution in [2.75, 3.05) is 11.9 Å². The topological polar surface area (TPSA) is 114 Å². The summed E-state index contributed by atoms with van der Waals surface area (Å²) in [5, 5.41) is 18.6. The van der Waals surface area contributed by atoms with Crippen LogP contribution in [0.25, 0.3) is 0 Å². The Balaban J connectivity index is 1.59. The number of benzene rings is 1. The van der Waals surface area contributed by atoms with Crippen LogP contribution in [0.1, 0.15) is 52.4 Å². The molecule has 8 nitrogen and oxygen atoms in total. The molecule has 3 saturated heterocycles. The van der Waals surface area contributed by atoms with Crippen LogP contribution >= 0.6 is 11.6 Å². The number of carbonyl (C=O) groups excluding carboxylic acids is 3. The van der Waals surface area contributed by atoms with Crippen molar-refractivity contribution >= 4 is 35.0 Å². The maximum absolute atomic E-state index is 15.1. The van der Waals surface area contributed by atoms with E-state index in [9.17, 15) is 19.6 Å². The van der Waals surface area contributed by atoms with Crippen LogP contribution < -0.4 is 16.0 Å². The van der Waals surface area contributed by atoms with Gasteiger partial charge in [-0.3, -0.25) is 14.4 Å². The highest BCUT2D eigenvalue weighted by Crippen LogP contribution is 2.49. The van der Waals surface area contributed by atoms with Gasteiger partial charge in [0.1, 0.15) is 18.1 Å². The summed E-state index contributed by atoms with van der Waals surface area (Å²) < 4.78 is 30.2. The number of fused-ring (bicyclic) bond motifs is 3. The van der Waals surface area contributed by atoms with E-state index >= 15 is 8.78 Å². The van der Waals surface area contributed by atoms with Gasteiger partial charge < -0.3 is 20.9 Å². The Hall–Kier alpha value is -2.93. The molecule has 5 rings (SSSR count). The molecular weight excluding hydrogens is 516 g/mol. The molecule has 206 valence electrons. The summed E-state index contributed by atoms with van der Waals surface area (Å²) in [6.07, 6.45) is 1.04. The Morgan fingerprint density at radius 2 is 2.05 bits per heavy atom. The molecule has 0 spiro atoms. The molecule has 0 unspecified atom stereocenters. The third-order valence-electron chi connectivity index (χ3n) is 7.78. The average molecular weight is 550 g/mol. The lowest BCUT2D eigenvalue weighted by Crippen LogP contribution is -2.70. The first-order valence-electron chi connectivity index (χ1n) is 13.2. The summed E-state index contributed by atoms with van der Waals surface area (Å²) in [5.74, 6) is -6.18. The Morgan fingerprint density at radius 1 is 1.29 bits per heavy atom. The van der Waals surface area contributed by atoms with Gasteiger partial charge in [-0.15, -0.1) is 0 Å². The Morgan fingerprint density at radius 3 is 2.66 bits per heavy atom. The van der Waals surface area contributed by atoms with Crippen molar-refractivity contribution in [3.05, 3.63) is 29.3 Å². The number of hydrogen-bond acceptors (Lipinski definition) is 5. The average Bonchev–Trinajstić information content (AvgIpc) is 3.25. The highest BCUT2D eigenvalue weighted by Gasteiger charge is 2.61. The highest BCUT2D eigenvalue weighted by atomic mass is 35.5. The quantitative estimate of drug-likeness (QED) is 0.434. The van der Waals surface area contributed by atoms with Crippen molar-refractivity contribution < 1.29 is 23.2 Å². The summed E-state index contributed by atoms with van der Waals surface area (Å²) in [7, 11) is 0. The van der Waals surface area contributed by atoms with E-state index in [0.29, 0.717) is 36.5 Å². The summed E-state index contributed by atoms with van der Waals surface area (Å²) in [6, 6.07) is 4.89. The van der Waals surface area contributed by atoms with E-state index in [1.807, 2.05) is 19.9 Å². The molecule has 3 aliphatic heterocycles. The lowest BCUT2D eigenvalue weighted by atomic mass is 9.71. The van der Waals surface area contributed by atoms with Crippen LogP contribution in [0.5, 0.6) is 0 Å². The monoisotopic (exact) mass is 549 g/mol. The van der Waals surface area contributed by atoms with E-state index in [1.54, 1.807) is 24.3 Å². The van der Waals surface area contributed by atoms with E-state index in [4.69, 9.17) is 11.6 Å². The van der Waals surface area contributed by atoms with Crippen molar-refractivity contribution in [3.63, 3.8) is 0 Å². The lowest BCUT2D eigenvalue weighted by Gasteiger charge is -2.54. The van der Waals surface area contributed by atoms with Gasteiger partial charge in [-0.05, 0) is 56.2 Å². The second kappa shape index (κ2) is 11.4. The fourth-order valence-electron chi connectivity index (χ4n) is 6.03. The largest absolute Gasteiger partial charge is 0.374 e. The molecule has 0 aromatic heterocycles. The molecule has 0 radical (unpaired) electrons. The minimum atomic E-state index is -3.11. The number of piperidine rings is 2. The molecule has 3 N–H and O–H groups in total. The number of halogens is 3. The number of carbonyl (C=O) groups is 3. The van der Waals surface area contributed by atoms with Gasteiger partial charge >= 0.3 is 0 Å². The molecule has 1 aliphatic carbocycles. The van der Waals surface area contributed by atoms with E-state index in [0.717, 1.165) is 0 Å². The number of anilines is 1. The van der Waals surface area contributed by atoms with Crippen LogP contribution in [0.4, 0.5) is 14.5 Å². The minimum absolute atomic E-state index is 0.0888. The number of nitriles is 1. The van der Waals surface area contributed by atoms with E-state index in [2.05, 4.69) is 16.0 Å². The summed E-state index contributed by atoms with van der Waals surface area (Å²) in [4.78, 5) is 40.9. The summed E-state index contributed by atoms with van der Waals surface area (Å²) in [5.41, 5.74) is 0.615. The summed E-state index contributed by atoms with van der Waals surface area (Å²) in [6.45, 7) is 4.40. The maximum atomic E-state index is 15.1. The normalized spacial score (nSPS) is 27.4. The zero-order valence-corrected chi connectivity index (χ0v) is 22.3. The predicted molar refractivity (Wildman–Crippen MR) is 138 cm³/mol. The van der Waals surface area contributed by atoms with Gasteiger partial charge in [0.25, 0.3) is 5.92 Å². The van der Waals surface area contributed by atoms with Gasteiger partial charge in [0, 0.05) is 35.6 Å². The van der Waals surface area contributed by atoms with Crippen molar-refractivity contribution in [1.82, 2.24) is 15.5 Å². The Labute approximate surface area is 226 Å². The highest BCUT2D eigenvalue weighted by molar-refractivity contribution is 6.30. The van der Waals surface area contributed by atoms with Crippen LogP contribution in [0.2, 0.25) is 5.02 Å². The zero-order valence-electron chi connectivity index (χ0n) is 21.6. The first-order valence-corrected chi connectivity index (χ1v) is 13.6. The van der Waals surface area contributed by atoms with Crippen LogP contribution in [0, 0.1) is 29.1 Å². The number of nitrogens with one attached hydrogen (secondary N) is 3. The second-order valence-electron chi connectivity index (χ2n) is 11.0.